The highest BCUT2D eigenvalue weighted by atomic mass is 127. The third kappa shape index (κ3) is 3.84. The number of piperidine rings is 1. The summed E-state index contributed by atoms with van der Waals surface area (Å²) in [5.74, 6) is 0.917. The summed E-state index contributed by atoms with van der Waals surface area (Å²) in [5, 5.41) is 13.1. The Morgan fingerprint density at radius 2 is 1.72 bits per heavy atom. The molecule has 102 valence electrons. The topological polar surface area (TPSA) is 58.3 Å². The molecule has 1 aromatic carbocycles. The zero-order valence-electron chi connectivity index (χ0n) is 9.83. The van der Waals surface area contributed by atoms with E-state index in [0.717, 1.165) is 38.6 Å². The number of nitrogens with one attached hydrogen (secondary N) is 1. The van der Waals surface area contributed by atoms with Gasteiger partial charge in [0.25, 0.3) is 0 Å². The zero-order chi connectivity index (χ0) is 12.4. The van der Waals surface area contributed by atoms with Gasteiger partial charge < -0.3 is 16.2 Å². The van der Waals surface area contributed by atoms with Crippen LogP contribution in [-0.4, -0.2) is 18.2 Å². The summed E-state index contributed by atoms with van der Waals surface area (Å²) in [6.45, 7) is 2.12. The van der Waals surface area contributed by atoms with E-state index in [-0.39, 0.29) is 18.4 Å². The van der Waals surface area contributed by atoms with Crippen LogP contribution in [0.2, 0.25) is 0 Å². The van der Waals surface area contributed by atoms with Gasteiger partial charge in [-0.1, -0.05) is 0 Å². The molecule has 4 N–H and O–H groups in total. The van der Waals surface area contributed by atoms with Gasteiger partial charge in [0, 0.05) is 6.04 Å². The molecule has 0 amide bonds. The predicted octanol–water partition coefficient (Wildman–Crippen LogP) is 3.02. The van der Waals surface area contributed by atoms with E-state index in [1.807, 2.05) is 12.1 Å². The van der Waals surface area contributed by atoms with Gasteiger partial charge in [-0.15, -0.1) is 12.4 Å². The van der Waals surface area contributed by atoms with Crippen molar-refractivity contribution in [2.75, 3.05) is 13.1 Å². The zero-order valence-corrected chi connectivity index (χ0v) is 15.0. The number of hydrogen-bond donors (Lipinski definition) is 3. The van der Waals surface area contributed by atoms with Crippen molar-refractivity contribution in [2.24, 2.45) is 11.7 Å². The Morgan fingerprint density at radius 1 is 1.22 bits per heavy atom. The molecule has 3 nitrogen and oxygen atoms in total. The molecule has 1 saturated heterocycles. The summed E-state index contributed by atoms with van der Waals surface area (Å²) in [4.78, 5) is 0. The lowest BCUT2D eigenvalue weighted by molar-refractivity contribution is 0.322. The third-order valence-electron chi connectivity index (χ3n) is 3.32. The monoisotopic (exact) mass is 494 g/mol. The van der Waals surface area contributed by atoms with Gasteiger partial charge in [-0.2, -0.15) is 0 Å². The first-order valence-corrected chi connectivity index (χ1v) is 7.89. The largest absolute Gasteiger partial charge is 0.506 e. The Balaban J connectivity index is 0.00000162. The minimum absolute atomic E-state index is 0. The first-order valence-electron chi connectivity index (χ1n) is 5.74. The normalized spacial score (nSPS) is 18.2. The molecule has 2 rings (SSSR count). The third-order valence-corrected chi connectivity index (χ3v) is 4.96. The van der Waals surface area contributed by atoms with Crippen LogP contribution in [0.1, 0.15) is 24.4 Å². The van der Waals surface area contributed by atoms with Gasteiger partial charge in [-0.3, -0.25) is 0 Å². The van der Waals surface area contributed by atoms with Gasteiger partial charge in [0.1, 0.15) is 5.75 Å². The van der Waals surface area contributed by atoms with Crippen LogP contribution >= 0.6 is 57.6 Å². The van der Waals surface area contributed by atoms with E-state index in [2.05, 4.69) is 50.5 Å². The second kappa shape index (κ2) is 7.47. The van der Waals surface area contributed by atoms with E-state index in [0.29, 0.717) is 11.7 Å². The molecule has 0 aromatic heterocycles. The standard InChI is InChI=1S/C12H16I2N2O.ClH/c13-9-5-8(6-10(14)12(9)17)11(15)7-1-3-16-4-2-7;/h5-7,11,16-17H,1-4,15H2;1H/t11-;/m1./s1. The molecule has 0 saturated carbocycles. The number of aromatic hydroxyl groups is 1. The second-order valence-corrected chi connectivity index (χ2v) is 6.77. The smallest absolute Gasteiger partial charge is 0.142 e. The number of halogens is 3. The number of hydrogen-bond acceptors (Lipinski definition) is 3. The van der Waals surface area contributed by atoms with Crippen molar-refractivity contribution in [1.82, 2.24) is 5.32 Å². The minimum Gasteiger partial charge on any atom is -0.506 e. The van der Waals surface area contributed by atoms with Crippen molar-refractivity contribution < 1.29 is 5.11 Å². The van der Waals surface area contributed by atoms with Crippen molar-refractivity contribution in [2.45, 2.75) is 18.9 Å². The fraction of sp³-hybridized carbons (Fsp3) is 0.500. The average molecular weight is 495 g/mol. The molecule has 0 aliphatic carbocycles. The van der Waals surface area contributed by atoms with Crippen molar-refractivity contribution in [3.8, 4) is 5.75 Å². The van der Waals surface area contributed by atoms with Gasteiger partial charge in [0.05, 0.1) is 7.14 Å². The average Bonchev–Trinajstić information content (AvgIpc) is 2.35. The van der Waals surface area contributed by atoms with E-state index < -0.39 is 0 Å². The lowest BCUT2D eigenvalue weighted by Gasteiger charge is -2.28. The van der Waals surface area contributed by atoms with Crippen LogP contribution in [0.4, 0.5) is 0 Å². The molecule has 6 heteroatoms. The van der Waals surface area contributed by atoms with Crippen LogP contribution < -0.4 is 11.1 Å². The van der Waals surface area contributed by atoms with E-state index in [9.17, 15) is 5.11 Å². The summed E-state index contributed by atoms with van der Waals surface area (Å²) in [6.07, 6.45) is 2.27. The lowest BCUT2D eigenvalue weighted by Crippen LogP contribution is -2.33. The molecule has 0 unspecified atom stereocenters. The number of phenols is 1. The first kappa shape index (κ1) is 16.7. The Labute approximate surface area is 141 Å². The highest BCUT2D eigenvalue weighted by molar-refractivity contribution is 14.1. The molecule has 18 heavy (non-hydrogen) atoms. The van der Waals surface area contributed by atoms with Crippen LogP contribution in [0.5, 0.6) is 5.75 Å². The molecule has 1 fully saturated rings. The summed E-state index contributed by atoms with van der Waals surface area (Å²) < 4.78 is 1.77. The molecule has 1 atom stereocenters. The lowest BCUT2D eigenvalue weighted by atomic mass is 9.86. The first-order chi connectivity index (χ1) is 8.09. The van der Waals surface area contributed by atoms with Gasteiger partial charge in [-0.25, -0.2) is 0 Å². The minimum atomic E-state index is 0. The van der Waals surface area contributed by atoms with Crippen LogP contribution in [0, 0.1) is 13.1 Å². The highest BCUT2D eigenvalue weighted by Crippen LogP contribution is 2.33. The van der Waals surface area contributed by atoms with E-state index in [4.69, 9.17) is 5.73 Å². The Bertz CT molecular complexity index is 388. The molecule has 1 heterocycles. The van der Waals surface area contributed by atoms with E-state index in [1.54, 1.807) is 0 Å². The van der Waals surface area contributed by atoms with E-state index >= 15 is 0 Å². The number of phenolic OH excluding ortho intramolecular Hbond substituents is 1. The van der Waals surface area contributed by atoms with E-state index in [1.165, 1.54) is 0 Å². The number of benzene rings is 1. The molecular weight excluding hydrogens is 477 g/mol. The molecule has 1 aliphatic rings. The maximum absolute atomic E-state index is 9.76. The maximum Gasteiger partial charge on any atom is 0.142 e. The SMILES string of the molecule is Cl.N[C@@H](c1cc(I)c(O)c(I)c1)C1CCNCC1. The van der Waals surface area contributed by atoms with Crippen molar-refractivity contribution in [3.63, 3.8) is 0 Å². The summed E-state index contributed by atoms with van der Waals surface area (Å²) >= 11 is 4.31. The Hall–Kier alpha value is 0.690. The van der Waals surface area contributed by atoms with Gasteiger partial charge in [0.2, 0.25) is 0 Å². The van der Waals surface area contributed by atoms with Crippen LogP contribution in [-0.2, 0) is 0 Å². The molecule has 0 radical (unpaired) electrons. The maximum atomic E-state index is 9.76. The van der Waals surface area contributed by atoms with Crippen molar-refractivity contribution in [3.05, 3.63) is 24.8 Å². The number of rotatable bonds is 2. The highest BCUT2D eigenvalue weighted by Gasteiger charge is 2.22. The van der Waals surface area contributed by atoms with Gasteiger partial charge >= 0.3 is 0 Å². The molecular formula is C12H17ClI2N2O. The fourth-order valence-corrected chi connectivity index (χ4v) is 4.07. The summed E-state index contributed by atoms with van der Waals surface area (Å²) in [5.41, 5.74) is 7.48. The fourth-order valence-electron chi connectivity index (χ4n) is 2.25. The molecule has 0 bridgehead atoms. The van der Waals surface area contributed by atoms with Crippen LogP contribution in [0.25, 0.3) is 0 Å². The van der Waals surface area contributed by atoms with Crippen molar-refractivity contribution >= 4 is 57.6 Å². The van der Waals surface area contributed by atoms with Crippen LogP contribution in [0.15, 0.2) is 12.1 Å². The van der Waals surface area contributed by atoms with Crippen molar-refractivity contribution in [1.29, 1.82) is 0 Å². The Kier molecular flexibility index (Phi) is 6.95. The quantitative estimate of drug-likeness (QED) is 0.554. The molecule has 1 aromatic rings. The summed E-state index contributed by atoms with van der Waals surface area (Å²) in [7, 11) is 0. The molecule has 1 aliphatic heterocycles. The Morgan fingerprint density at radius 3 is 2.22 bits per heavy atom. The predicted molar refractivity (Wildman–Crippen MR) is 93.3 cm³/mol. The van der Waals surface area contributed by atoms with Gasteiger partial charge in [-0.05, 0) is 94.7 Å². The number of nitrogens with two attached hydrogens (primary N) is 1. The second-order valence-electron chi connectivity index (χ2n) is 4.45. The molecule has 0 spiro atoms. The van der Waals surface area contributed by atoms with Crippen LogP contribution in [0.3, 0.4) is 0 Å². The summed E-state index contributed by atoms with van der Waals surface area (Å²) in [6, 6.07) is 4.09. The van der Waals surface area contributed by atoms with Gasteiger partial charge in [0.15, 0.2) is 0 Å².